The number of esters is 1. The molecule has 0 radical (unpaired) electrons. The fourth-order valence-corrected chi connectivity index (χ4v) is 1.46. The lowest BCUT2D eigenvalue weighted by atomic mass is 10.3. The number of hydrogen-bond donors (Lipinski definition) is 1. The minimum atomic E-state index is -0.737. The van der Waals surface area contributed by atoms with Crippen molar-refractivity contribution in [3.63, 3.8) is 0 Å². The molecule has 1 aromatic heterocycles. The maximum Gasteiger partial charge on any atom is 0.364 e. The van der Waals surface area contributed by atoms with Crippen molar-refractivity contribution < 1.29 is 13.9 Å². The third kappa shape index (κ3) is 2.32. The Labute approximate surface area is 103 Å². The largest absolute Gasteiger partial charge is 0.419 e. The molecule has 6 heteroatoms. The van der Waals surface area contributed by atoms with E-state index in [0.29, 0.717) is 12.4 Å². The monoisotopic (exact) mass is 249 g/mol. The number of halogens is 1. The van der Waals surface area contributed by atoms with E-state index < -0.39 is 11.8 Å². The summed E-state index contributed by atoms with van der Waals surface area (Å²) in [5, 5.41) is 3.95. The third-order valence-electron chi connectivity index (χ3n) is 2.36. The van der Waals surface area contributed by atoms with Crippen molar-refractivity contribution in [1.29, 1.82) is 0 Å². The molecule has 0 amide bonds. The molecular formula is C12H12FN3O2. The highest BCUT2D eigenvalue weighted by Gasteiger charge is 2.16. The van der Waals surface area contributed by atoms with Crippen LogP contribution in [0.3, 0.4) is 0 Å². The number of nitrogens with zero attached hydrogens (tertiary/aromatic N) is 2. The molecule has 0 aliphatic heterocycles. The lowest BCUT2D eigenvalue weighted by molar-refractivity contribution is 0.0720. The highest BCUT2D eigenvalue weighted by atomic mass is 19.1. The minimum absolute atomic E-state index is 0.0533. The molecule has 0 fully saturated rings. The van der Waals surface area contributed by atoms with Gasteiger partial charge in [0.25, 0.3) is 0 Å². The second kappa shape index (κ2) is 4.87. The molecule has 1 aromatic carbocycles. The molecule has 0 saturated heterocycles. The number of ether oxygens (including phenoxy) is 1. The van der Waals surface area contributed by atoms with Gasteiger partial charge in [-0.05, 0) is 19.1 Å². The summed E-state index contributed by atoms with van der Waals surface area (Å²) in [7, 11) is 0. The molecule has 0 saturated carbocycles. The number of anilines is 1. The lowest BCUT2D eigenvalue weighted by Crippen LogP contribution is -2.11. The standard InChI is InChI=1S/C12H12FN3O2/c1-2-16-11(14)7-9(15-16)12(17)18-10-6-4-3-5-8(10)13/h3-7H,2,14H2,1H3. The summed E-state index contributed by atoms with van der Waals surface area (Å²) in [5.74, 6) is -1.11. The van der Waals surface area contributed by atoms with Gasteiger partial charge in [-0.15, -0.1) is 0 Å². The van der Waals surface area contributed by atoms with Crippen molar-refractivity contribution in [2.75, 3.05) is 5.73 Å². The van der Waals surface area contributed by atoms with Gasteiger partial charge in [-0.3, -0.25) is 0 Å². The van der Waals surface area contributed by atoms with E-state index in [9.17, 15) is 9.18 Å². The molecule has 2 N–H and O–H groups in total. The average molecular weight is 249 g/mol. The number of nitrogen functional groups attached to an aromatic ring is 1. The maximum absolute atomic E-state index is 13.3. The normalized spacial score (nSPS) is 10.3. The molecule has 94 valence electrons. The molecule has 1 heterocycles. The van der Waals surface area contributed by atoms with Crippen LogP contribution in [0.15, 0.2) is 30.3 Å². The zero-order valence-electron chi connectivity index (χ0n) is 9.76. The fourth-order valence-electron chi connectivity index (χ4n) is 1.46. The summed E-state index contributed by atoms with van der Waals surface area (Å²) < 4.78 is 19.6. The molecule has 0 aliphatic rings. The molecule has 2 rings (SSSR count). The van der Waals surface area contributed by atoms with Gasteiger partial charge in [0.1, 0.15) is 5.82 Å². The van der Waals surface area contributed by atoms with Crippen LogP contribution in [0, 0.1) is 5.82 Å². The fraction of sp³-hybridized carbons (Fsp3) is 0.167. The Morgan fingerprint density at radius 1 is 1.50 bits per heavy atom. The summed E-state index contributed by atoms with van der Waals surface area (Å²) >= 11 is 0. The van der Waals surface area contributed by atoms with Crippen molar-refractivity contribution in [3.8, 4) is 5.75 Å². The molecular weight excluding hydrogens is 237 g/mol. The number of carbonyl (C=O) groups is 1. The van der Waals surface area contributed by atoms with Crippen LogP contribution >= 0.6 is 0 Å². The molecule has 0 aliphatic carbocycles. The van der Waals surface area contributed by atoms with Crippen LogP contribution in [-0.4, -0.2) is 15.7 Å². The second-order valence-electron chi connectivity index (χ2n) is 3.59. The van der Waals surface area contributed by atoms with Gasteiger partial charge in [0, 0.05) is 12.6 Å². The predicted molar refractivity (Wildman–Crippen MR) is 63.7 cm³/mol. The quantitative estimate of drug-likeness (QED) is 0.665. The molecule has 0 spiro atoms. The van der Waals surface area contributed by atoms with Crippen LogP contribution in [0.2, 0.25) is 0 Å². The number of carbonyl (C=O) groups excluding carboxylic acids is 1. The highest BCUT2D eigenvalue weighted by Crippen LogP contribution is 2.17. The van der Waals surface area contributed by atoms with Crippen molar-refractivity contribution >= 4 is 11.8 Å². The number of nitrogens with two attached hydrogens (primary N) is 1. The first-order valence-electron chi connectivity index (χ1n) is 5.42. The average Bonchev–Trinajstić information content (AvgIpc) is 2.73. The second-order valence-corrected chi connectivity index (χ2v) is 3.59. The van der Waals surface area contributed by atoms with Crippen molar-refractivity contribution in [3.05, 3.63) is 41.8 Å². The Bertz CT molecular complexity index is 580. The number of rotatable bonds is 3. The molecule has 0 bridgehead atoms. The molecule has 18 heavy (non-hydrogen) atoms. The Morgan fingerprint density at radius 3 is 2.83 bits per heavy atom. The van der Waals surface area contributed by atoms with Gasteiger partial charge in [-0.2, -0.15) is 5.10 Å². The van der Waals surface area contributed by atoms with E-state index in [1.54, 1.807) is 6.07 Å². The summed E-state index contributed by atoms with van der Waals surface area (Å²) in [4.78, 5) is 11.7. The van der Waals surface area contributed by atoms with E-state index in [4.69, 9.17) is 10.5 Å². The van der Waals surface area contributed by atoms with Gasteiger partial charge in [-0.1, -0.05) is 12.1 Å². The van der Waals surface area contributed by atoms with E-state index in [1.165, 1.54) is 28.9 Å². The van der Waals surface area contributed by atoms with Crippen LogP contribution in [0.1, 0.15) is 17.4 Å². The SMILES string of the molecule is CCn1nc(C(=O)Oc2ccccc2F)cc1N. The van der Waals surface area contributed by atoms with Crippen LogP contribution < -0.4 is 10.5 Å². The number of para-hydroxylation sites is 1. The predicted octanol–water partition coefficient (Wildman–Crippen LogP) is 1.84. The summed E-state index contributed by atoms with van der Waals surface area (Å²) in [6, 6.07) is 7.06. The van der Waals surface area contributed by atoms with E-state index in [-0.39, 0.29) is 11.4 Å². The lowest BCUT2D eigenvalue weighted by Gasteiger charge is -2.02. The molecule has 5 nitrogen and oxygen atoms in total. The van der Waals surface area contributed by atoms with Crippen molar-refractivity contribution in [2.24, 2.45) is 0 Å². The van der Waals surface area contributed by atoms with Gasteiger partial charge in [-0.25, -0.2) is 13.9 Å². The Kier molecular flexibility index (Phi) is 3.27. The zero-order valence-corrected chi connectivity index (χ0v) is 9.76. The van der Waals surface area contributed by atoms with Gasteiger partial charge in [0.05, 0.1) is 0 Å². The van der Waals surface area contributed by atoms with E-state index in [1.807, 2.05) is 6.92 Å². The summed E-state index contributed by atoms with van der Waals surface area (Å²) in [6.45, 7) is 2.38. The molecule has 2 aromatic rings. The zero-order chi connectivity index (χ0) is 13.1. The highest BCUT2D eigenvalue weighted by molar-refractivity contribution is 5.89. The van der Waals surface area contributed by atoms with Crippen LogP contribution in [-0.2, 0) is 6.54 Å². The van der Waals surface area contributed by atoms with Gasteiger partial charge >= 0.3 is 5.97 Å². The smallest absolute Gasteiger partial charge is 0.364 e. The first-order valence-corrected chi connectivity index (χ1v) is 5.42. The van der Waals surface area contributed by atoms with E-state index in [0.717, 1.165) is 0 Å². The van der Waals surface area contributed by atoms with Crippen molar-refractivity contribution in [1.82, 2.24) is 9.78 Å². The number of benzene rings is 1. The van der Waals surface area contributed by atoms with Gasteiger partial charge in [0.2, 0.25) is 0 Å². The van der Waals surface area contributed by atoms with E-state index >= 15 is 0 Å². The number of hydrogen-bond acceptors (Lipinski definition) is 4. The Hall–Kier alpha value is -2.37. The Balaban J connectivity index is 2.19. The summed E-state index contributed by atoms with van der Waals surface area (Å²) in [6.07, 6.45) is 0. The third-order valence-corrected chi connectivity index (χ3v) is 2.36. The van der Waals surface area contributed by atoms with E-state index in [2.05, 4.69) is 5.10 Å². The molecule has 0 atom stereocenters. The number of aromatic nitrogens is 2. The van der Waals surface area contributed by atoms with Crippen molar-refractivity contribution in [2.45, 2.75) is 13.5 Å². The van der Waals surface area contributed by atoms with Crippen LogP contribution in [0.25, 0.3) is 0 Å². The topological polar surface area (TPSA) is 70.1 Å². The van der Waals surface area contributed by atoms with Gasteiger partial charge < -0.3 is 10.5 Å². The summed E-state index contributed by atoms with van der Waals surface area (Å²) in [5.41, 5.74) is 5.68. The van der Waals surface area contributed by atoms with Gasteiger partial charge in [0.15, 0.2) is 17.3 Å². The maximum atomic E-state index is 13.3. The van der Waals surface area contributed by atoms with Crippen LogP contribution in [0.5, 0.6) is 5.75 Å². The number of aryl methyl sites for hydroxylation is 1. The molecule has 0 unspecified atom stereocenters. The Morgan fingerprint density at radius 2 is 2.22 bits per heavy atom. The van der Waals surface area contributed by atoms with Crippen LogP contribution in [0.4, 0.5) is 10.2 Å². The first kappa shape index (κ1) is 12.1. The minimum Gasteiger partial charge on any atom is -0.419 e. The first-order chi connectivity index (χ1) is 8.61.